The molecule has 0 amide bonds. The van der Waals surface area contributed by atoms with Crippen molar-refractivity contribution in [3.05, 3.63) is 35.4 Å². The lowest BCUT2D eigenvalue weighted by molar-refractivity contribution is 0.881. The minimum absolute atomic E-state index is 0.349. The summed E-state index contributed by atoms with van der Waals surface area (Å²) in [7, 11) is 0. The van der Waals surface area contributed by atoms with E-state index < -0.39 is 0 Å². The maximum absolute atomic E-state index is 3.98. The molecule has 2 aromatic rings. The Morgan fingerprint density at radius 2 is 2.19 bits per heavy atom. The van der Waals surface area contributed by atoms with Crippen LogP contribution in [-0.4, -0.2) is 26.8 Å². The molecule has 0 spiro atoms. The summed E-state index contributed by atoms with van der Waals surface area (Å²) in [5.74, 6) is 0.349. The monoisotopic (exact) mass is 216 g/mol. The van der Waals surface area contributed by atoms with E-state index in [4.69, 9.17) is 0 Å². The number of tetrazole rings is 1. The van der Waals surface area contributed by atoms with Crippen LogP contribution < -0.4 is 5.43 Å². The number of aromatic amines is 1. The third-order valence-corrected chi connectivity index (χ3v) is 2.11. The van der Waals surface area contributed by atoms with Crippen LogP contribution in [0, 0.1) is 0 Å². The fraction of sp³-hybridized carbons (Fsp3) is 0.200. The molecule has 0 aliphatic rings. The number of benzene rings is 1. The SMILES string of the molecule is CCc1ccc(C=NNc2nn[nH]n2)cc1. The van der Waals surface area contributed by atoms with Crippen molar-refractivity contribution in [1.82, 2.24) is 20.6 Å². The maximum Gasteiger partial charge on any atom is 0.283 e. The van der Waals surface area contributed by atoms with Crippen molar-refractivity contribution in [3.63, 3.8) is 0 Å². The summed E-state index contributed by atoms with van der Waals surface area (Å²) in [6.45, 7) is 2.13. The second-order valence-corrected chi connectivity index (χ2v) is 3.20. The lowest BCUT2D eigenvalue weighted by Gasteiger charge is -1.96. The van der Waals surface area contributed by atoms with Crippen LogP contribution in [0.15, 0.2) is 29.4 Å². The standard InChI is InChI=1S/C10H12N6/c1-2-8-3-5-9(6-4-8)7-11-12-10-13-15-16-14-10/h3-7H,2H2,1H3,(H2,12,13,14,15,16). The molecule has 16 heavy (non-hydrogen) atoms. The van der Waals surface area contributed by atoms with Gasteiger partial charge in [-0.25, -0.2) is 5.43 Å². The number of H-pyrrole nitrogens is 1. The van der Waals surface area contributed by atoms with Gasteiger partial charge in [0.2, 0.25) is 0 Å². The minimum atomic E-state index is 0.349. The Hall–Kier alpha value is -2.24. The van der Waals surface area contributed by atoms with Gasteiger partial charge in [0, 0.05) is 0 Å². The number of aromatic nitrogens is 4. The number of nitrogens with one attached hydrogen (secondary N) is 2. The van der Waals surface area contributed by atoms with E-state index in [0.717, 1.165) is 12.0 Å². The molecule has 0 saturated heterocycles. The highest BCUT2D eigenvalue weighted by Crippen LogP contribution is 2.02. The Bertz CT molecular complexity index is 445. The van der Waals surface area contributed by atoms with Crippen molar-refractivity contribution in [3.8, 4) is 0 Å². The number of aryl methyl sites for hydroxylation is 1. The first kappa shape index (κ1) is 10.3. The Labute approximate surface area is 92.8 Å². The smallest absolute Gasteiger partial charge is 0.243 e. The van der Waals surface area contributed by atoms with Gasteiger partial charge in [0.1, 0.15) is 0 Å². The summed E-state index contributed by atoms with van der Waals surface area (Å²) in [6, 6.07) is 8.19. The topological polar surface area (TPSA) is 78.9 Å². The molecule has 0 saturated carbocycles. The van der Waals surface area contributed by atoms with Gasteiger partial charge < -0.3 is 0 Å². The van der Waals surface area contributed by atoms with Gasteiger partial charge in [-0.1, -0.05) is 36.3 Å². The molecular formula is C10H12N6. The Morgan fingerprint density at radius 1 is 1.38 bits per heavy atom. The van der Waals surface area contributed by atoms with Gasteiger partial charge in [-0.15, -0.1) is 5.10 Å². The van der Waals surface area contributed by atoms with Crippen molar-refractivity contribution in [2.75, 3.05) is 5.43 Å². The number of hydrazone groups is 1. The van der Waals surface area contributed by atoms with E-state index in [2.05, 4.69) is 50.2 Å². The molecule has 0 aliphatic heterocycles. The normalized spacial score (nSPS) is 10.8. The average Bonchev–Trinajstić information content (AvgIpc) is 2.83. The third kappa shape index (κ3) is 2.63. The van der Waals surface area contributed by atoms with Crippen LogP contribution in [0.25, 0.3) is 0 Å². The van der Waals surface area contributed by atoms with Crippen molar-refractivity contribution in [2.45, 2.75) is 13.3 Å². The van der Waals surface area contributed by atoms with Crippen LogP contribution >= 0.6 is 0 Å². The van der Waals surface area contributed by atoms with Crippen molar-refractivity contribution in [1.29, 1.82) is 0 Å². The summed E-state index contributed by atoms with van der Waals surface area (Å²) in [5.41, 5.74) is 4.99. The second kappa shape index (κ2) is 5.01. The molecule has 0 radical (unpaired) electrons. The molecule has 1 aromatic heterocycles. The van der Waals surface area contributed by atoms with Crippen molar-refractivity contribution >= 4 is 12.2 Å². The quantitative estimate of drug-likeness (QED) is 0.594. The molecule has 0 fully saturated rings. The van der Waals surface area contributed by atoms with Crippen LogP contribution in [0.2, 0.25) is 0 Å². The second-order valence-electron chi connectivity index (χ2n) is 3.20. The van der Waals surface area contributed by atoms with Gasteiger partial charge >= 0.3 is 0 Å². The van der Waals surface area contributed by atoms with E-state index in [1.165, 1.54) is 5.56 Å². The molecule has 82 valence electrons. The van der Waals surface area contributed by atoms with Gasteiger partial charge in [-0.3, -0.25) is 0 Å². The molecular weight excluding hydrogens is 204 g/mol. The van der Waals surface area contributed by atoms with Crippen LogP contribution in [-0.2, 0) is 6.42 Å². The molecule has 0 aliphatic carbocycles. The van der Waals surface area contributed by atoms with Crippen LogP contribution in [0.4, 0.5) is 5.95 Å². The third-order valence-electron chi connectivity index (χ3n) is 2.11. The summed E-state index contributed by atoms with van der Waals surface area (Å²) in [4.78, 5) is 0. The lowest BCUT2D eigenvalue weighted by Crippen LogP contribution is -1.92. The zero-order valence-electron chi connectivity index (χ0n) is 8.88. The molecule has 1 aromatic carbocycles. The predicted octanol–water partition coefficient (Wildman–Crippen LogP) is 1.21. The van der Waals surface area contributed by atoms with Crippen LogP contribution in [0.3, 0.4) is 0 Å². The number of rotatable bonds is 4. The summed E-state index contributed by atoms with van der Waals surface area (Å²) < 4.78 is 0. The number of anilines is 1. The summed E-state index contributed by atoms with van der Waals surface area (Å²) in [5, 5.41) is 17.1. The largest absolute Gasteiger partial charge is 0.283 e. The fourth-order valence-electron chi connectivity index (χ4n) is 1.21. The lowest BCUT2D eigenvalue weighted by atomic mass is 10.1. The van der Waals surface area contributed by atoms with Crippen molar-refractivity contribution < 1.29 is 0 Å². The van der Waals surface area contributed by atoms with Crippen LogP contribution in [0.5, 0.6) is 0 Å². The van der Waals surface area contributed by atoms with Gasteiger partial charge in [-0.2, -0.15) is 10.3 Å². The Morgan fingerprint density at radius 3 is 2.81 bits per heavy atom. The summed E-state index contributed by atoms with van der Waals surface area (Å²) in [6.07, 6.45) is 2.74. The van der Waals surface area contributed by atoms with Crippen molar-refractivity contribution in [2.24, 2.45) is 5.10 Å². The highest BCUT2D eigenvalue weighted by atomic mass is 15.5. The van der Waals surface area contributed by atoms with Gasteiger partial charge in [-0.05, 0) is 22.8 Å². The zero-order chi connectivity index (χ0) is 11.2. The fourth-order valence-corrected chi connectivity index (χ4v) is 1.21. The zero-order valence-corrected chi connectivity index (χ0v) is 8.88. The van der Waals surface area contributed by atoms with Crippen LogP contribution in [0.1, 0.15) is 18.1 Å². The maximum atomic E-state index is 3.98. The molecule has 2 rings (SSSR count). The predicted molar refractivity (Wildman–Crippen MR) is 61.2 cm³/mol. The average molecular weight is 216 g/mol. The molecule has 0 unspecified atom stereocenters. The van der Waals surface area contributed by atoms with Gasteiger partial charge in [0.05, 0.1) is 6.21 Å². The number of hydrogen-bond acceptors (Lipinski definition) is 5. The van der Waals surface area contributed by atoms with E-state index in [1.54, 1.807) is 6.21 Å². The van der Waals surface area contributed by atoms with E-state index >= 15 is 0 Å². The highest BCUT2D eigenvalue weighted by molar-refractivity contribution is 5.79. The molecule has 0 atom stereocenters. The molecule has 6 heteroatoms. The van der Waals surface area contributed by atoms with Gasteiger partial charge in [0.25, 0.3) is 5.95 Å². The first-order chi connectivity index (χ1) is 7.88. The van der Waals surface area contributed by atoms with E-state index in [1.807, 2.05) is 12.1 Å². The Kier molecular flexibility index (Phi) is 3.22. The molecule has 6 nitrogen and oxygen atoms in total. The van der Waals surface area contributed by atoms with E-state index in [0.29, 0.717) is 5.95 Å². The molecule has 2 N–H and O–H groups in total. The molecule has 1 heterocycles. The highest BCUT2D eigenvalue weighted by Gasteiger charge is 1.92. The molecule has 0 bridgehead atoms. The minimum Gasteiger partial charge on any atom is -0.243 e. The first-order valence-electron chi connectivity index (χ1n) is 5.00. The summed E-state index contributed by atoms with van der Waals surface area (Å²) >= 11 is 0. The Balaban J connectivity index is 1.95. The van der Waals surface area contributed by atoms with E-state index in [9.17, 15) is 0 Å². The number of nitrogens with zero attached hydrogens (tertiary/aromatic N) is 4. The first-order valence-corrected chi connectivity index (χ1v) is 5.00. The van der Waals surface area contributed by atoms with E-state index in [-0.39, 0.29) is 0 Å². The number of hydrogen-bond donors (Lipinski definition) is 2. The van der Waals surface area contributed by atoms with Gasteiger partial charge in [0.15, 0.2) is 0 Å².